The first-order valence-corrected chi connectivity index (χ1v) is 9.97. The maximum atomic E-state index is 10.6. The third kappa shape index (κ3) is 7.43. The van der Waals surface area contributed by atoms with Crippen molar-refractivity contribution in [3.05, 3.63) is 29.8 Å². The van der Waals surface area contributed by atoms with E-state index in [0.29, 0.717) is 11.7 Å². The number of hydrogen-bond donors (Lipinski definition) is 2. The van der Waals surface area contributed by atoms with Crippen LogP contribution in [0.1, 0.15) is 50.0 Å². The van der Waals surface area contributed by atoms with Gasteiger partial charge in [-0.25, -0.2) is 4.79 Å². The number of hydrogen-bond acceptors (Lipinski definition) is 4. The molecule has 5 nitrogen and oxygen atoms in total. The number of nitrogens with one attached hydrogen (secondary N) is 1. The maximum Gasteiger partial charge on any atom is 0.341 e. The van der Waals surface area contributed by atoms with Gasteiger partial charge in [-0.1, -0.05) is 12.1 Å². The molecule has 1 aromatic rings. The predicted octanol–water partition coefficient (Wildman–Crippen LogP) is 3.95. The summed E-state index contributed by atoms with van der Waals surface area (Å²) in [6.07, 6.45) is 7.63. The highest BCUT2D eigenvalue weighted by Gasteiger charge is 2.26. The van der Waals surface area contributed by atoms with Crippen LogP contribution in [0.2, 0.25) is 0 Å². The van der Waals surface area contributed by atoms with Crippen molar-refractivity contribution >= 4 is 30.8 Å². The predicted molar refractivity (Wildman–Crippen MR) is 117 cm³/mol. The van der Waals surface area contributed by atoms with E-state index in [-0.39, 0.29) is 31.4 Å². The summed E-state index contributed by atoms with van der Waals surface area (Å²) in [5.74, 6) is 1.16. The van der Waals surface area contributed by atoms with Crippen molar-refractivity contribution in [3.8, 4) is 5.75 Å². The Bertz CT molecular complexity index is 572. The Kier molecular flexibility index (Phi) is 11.2. The minimum absolute atomic E-state index is 0. The van der Waals surface area contributed by atoms with Crippen molar-refractivity contribution in [2.45, 2.75) is 50.5 Å². The van der Waals surface area contributed by atoms with Crippen LogP contribution in [-0.4, -0.2) is 55.3 Å². The van der Waals surface area contributed by atoms with Crippen molar-refractivity contribution < 1.29 is 14.6 Å². The summed E-state index contributed by atoms with van der Waals surface area (Å²) < 4.78 is 5.22. The Morgan fingerprint density at radius 2 is 1.68 bits per heavy atom. The van der Waals surface area contributed by atoms with Gasteiger partial charge in [-0.15, -0.1) is 24.8 Å². The first-order chi connectivity index (χ1) is 12.6. The molecular formula is C21H34Cl2N2O3. The van der Waals surface area contributed by atoms with Crippen molar-refractivity contribution in [1.82, 2.24) is 10.2 Å². The number of piperidine rings is 1. The average Bonchev–Trinajstić information content (AvgIpc) is 2.68. The van der Waals surface area contributed by atoms with E-state index in [1.165, 1.54) is 63.7 Å². The van der Waals surface area contributed by atoms with Gasteiger partial charge in [-0.05, 0) is 88.2 Å². The number of carboxylic acid groups (broad SMARTS) is 1. The van der Waals surface area contributed by atoms with Crippen LogP contribution in [0.15, 0.2) is 24.3 Å². The van der Waals surface area contributed by atoms with E-state index in [1.54, 1.807) is 0 Å². The number of carboxylic acids is 1. The van der Waals surface area contributed by atoms with Gasteiger partial charge in [0, 0.05) is 12.6 Å². The van der Waals surface area contributed by atoms with Crippen LogP contribution in [0.3, 0.4) is 0 Å². The molecular weight excluding hydrogens is 399 g/mol. The van der Waals surface area contributed by atoms with Crippen LogP contribution in [0.5, 0.6) is 5.75 Å². The molecule has 160 valence electrons. The van der Waals surface area contributed by atoms with Gasteiger partial charge in [-0.3, -0.25) is 0 Å². The second kappa shape index (κ2) is 12.5. The van der Waals surface area contributed by atoms with Gasteiger partial charge in [0.05, 0.1) is 0 Å². The highest BCUT2D eigenvalue weighted by atomic mass is 35.5. The highest BCUT2D eigenvalue weighted by Crippen LogP contribution is 2.35. The summed E-state index contributed by atoms with van der Waals surface area (Å²) >= 11 is 0. The summed E-state index contributed by atoms with van der Waals surface area (Å²) in [5, 5.41) is 12.1. The van der Waals surface area contributed by atoms with E-state index in [9.17, 15) is 4.79 Å². The fraction of sp³-hybridized carbons (Fsp3) is 0.667. The number of rotatable bonds is 7. The molecule has 2 N–H and O–H groups in total. The summed E-state index contributed by atoms with van der Waals surface area (Å²) in [6, 6.07) is 8.71. The summed E-state index contributed by atoms with van der Waals surface area (Å²) in [7, 11) is 2.31. The van der Waals surface area contributed by atoms with Crippen LogP contribution < -0.4 is 10.1 Å². The fourth-order valence-electron chi connectivity index (χ4n) is 4.45. The molecule has 1 saturated carbocycles. The van der Waals surface area contributed by atoms with Crippen molar-refractivity contribution in [2.75, 3.05) is 33.3 Å². The van der Waals surface area contributed by atoms with Crippen molar-refractivity contribution in [1.29, 1.82) is 0 Å². The molecule has 7 heteroatoms. The lowest BCUT2D eigenvalue weighted by molar-refractivity contribution is -0.139. The van der Waals surface area contributed by atoms with Gasteiger partial charge in [0.1, 0.15) is 5.75 Å². The van der Waals surface area contributed by atoms with E-state index in [2.05, 4.69) is 29.4 Å². The van der Waals surface area contributed by atoms with E-state index < -0.39 is 5.97 Å². The number of benzene rings is 1. The summed E-state index contributed by atoms with van der Waals surface area (Å²) in [5.41, 5.74) is 1.35. The third-order valence-electron chi connectivity index (χ3n) is 6.04. The Morgan fingerprint density at radius 3 is 2.25 bits per heavy atom. The molecule has 2 fully saturated rings. The molecule has 0 radical (unpaired) electrons. The lowest BCUT2D eigenvalue weighted by Crippen LogP contribution is -2.40. The number of aliphatic carboxylic acids is 1. The average molecular weight is 433 g/mol. The van der Waals surface area contributed by atoms with Crippen LogP contribution in [0.4, 0.5) is 0 Å². The molecule has 0 aromatic heterocycles. The molecule has 0 spiro atoms. The third-order valence-corrected chi connectivity index (χ3v) is 6.04. The standard InChI is InChI=1S/C21H32N2O3.2ClH/c1-23(14-16-10-12-22-13-11-16)19-6-2-17(3-7-19)18-4-8-20(9-5-18)26-15-21(24)25;;/h4-5,8-9,16-17,19,22H,2-3,6-7,10-15H2,1H3,(H,24,25);2*1H. The quantitative estimate of drug-likeness (QED) is 0.682. The van der Waals surface area contributed by atoms with Crippen LogP contribution in [-0.2, 0) is 4.79 Å². The normalized spacial score (nSPS) is 22.8. The monoisotopic (exact) mass is 432 g/mol. The van der Waals surface area contributed by atoms with Crippen LogP contribution >= 0.6 is 24.8 Å². The van der Waals surface area contributed by atoms with E-state index in [4.69, 9.17) is 9.84 Å². The lowest BCUT2D eigenvalue weighted by atomic mass is 9.81. The van der Waals surface area contributed by atoms with Crippen LogP contribution in [0.25, 0.3) is 0 Å². The zero-order valence-electron chi connectivity index (χ0n) is 16.6. The van der Waals surface area contributed by atoms with E-state index in [1.807, 2.05) is 12.1 Å². The molecule has 1 aliphatic heterocycles. The van der Waals surface area contributed by atoms with E-state index >= 15 is 0 Å². The minimum Gasteiger partial charge on any atom is -0.482 e. The van der Waals surface area contributed by atoms with Gasteiger partial charge in [-0.2, -0.15) is 0 Å². The molecule has 1 aliphatic carbocycles. The first-order valence-electron chi connectivity index (χ1n) is 9.97. The Hall–Kier alpha value is -1.01. The molecule has 3 rings (SSSR count). The number of ether oxygens (including phenoxy) is 1. The molecule has 0 bridgehead atoms. The smallest absolute Gasteiger partial charge is 0.341 e. The van der Waals surface area contributed by atoms with Crippen LogP contribution in [0, 0.1) is 5.92 Å². The molecule has 0 atom stereocenters. The molecule has 2 aliphatic rings. The molecule has 1 aromatic carbocycles. The Labute approximate surface area is 181 Å². The highest BCUT2D eigenvalue weighted by molar-refractivity contribution is 5.85. The van der Waals surface area contributed by atoms with Gasteiger partial charge in [0.15, 0.2) is 6.61 Å². The Morgan fingerprint density at radius 1 is 1.07 bits per heavy atom. The van der Waals surface area contributed by atoms with Gasteiger partial charge < -0.3 is 20.1 Å². The number of halogens is 2. The van der Waals surface area contributed by atoms with E-state index in [0.717, 1.165) is 12.0 Å². The number of nitrogens with zero attached hydrogens (tertiary/aromatic N) is 1. The number of carbonyl (C=O) groups is 1. The topological polar surface area (TPSA) is 61.8 Å². The second-order valence-corrected chi connectivity index (χ2v) is 7.89. The lowest BCUT2D eigenvalue weighted by Gasteiger charge is -2.37. The fourth-order valence-corrected chi connectivity index (χ4v) is 4.45. The van der Waals surface area contributed by atoms with Gasteiger partial charge in [0.2, 0.25) is 0 Å². The first kappa shape index (κ1) is 25.0. The van der Waals surface area contributed by atoms with Crippen molar-refractivity contribution in [2.24, 2.45) is 5.92 Å². The maximum absolute atomic E-state index is 10.6. The van der Waals surface area contributed by atoms with Crippen molar-refractivity contribution in [3.63, 3.8) is 0 Å². The van der Waals surface area contributed by atoms with Gasteiger partial charge >= 0.3 is 5.97 Å². The second-order valence-electron chi connectivity index (χ2n) is 7.89. The molecule has 1 saturated heterocycles. The SMILES string of the molecule is CN(CC1CCNCC1)C1CCC(c2ccc(OCC(=O)O)cc2)CC1.Cl.Cl. The zero-order chi connectivity index (χ0) is 18.4. The summed E-state index contributed by atoms with van der Waals surface area (Å²) in [4.78, 5) is 13.2. The molecule has 0 unspecified atom stereocenters. The summed E-state index contributed by atoms with van der Waals surface area (Å²) in [6.45, 7) is 3.31. The largest absolute Gasteiger partial charge is 0.482 e. The zero-order valence-corrected chi connectivity index (χ0v) is 18.3. The minimum atomic E-state index is -0.944. The molecule has 0 amide bonds. The van der Waals surface area contributed by atoms with Gasteiger partial charge in [0.25, 0.3) is 0 Å². The Balaban J connectivity index is 0.00000196. The molecule has 28 heavy (non-hydrogen) atoms. The molecule has 1 heterocycles.